The molecule has 0 spiro atoms. The van der Waals surface area contributed by atoms with Gasteiger partial charge in [-0.15, -0.1) is 0 Å². The van der Waals surface area contributed by atoms with Gasteiger partial charge in [0.05, 0.1) is 22.6 Å². The molecule has 0 unspecified atom stereocenters. The van der Waals surface area contributed by atoms with Crippen LogP contribution in [0.15, 0.2) is 47.7 Å². The molecule has 9 heteroatoms. The van der Waals surface area contributed by atoms with Crippen LogP contribution in [-0.4, -0.2) is 17.9 Å². The summed E-state index contributed by atoms with van der Waals surface area (Å²) in [6.45, 7) is 3.45. The first-order valence-corrected chi connectivity index (χ1v) is 6.96. The van der Waals surface area contributed by atoms with Gasteiger partial charge in [-0.2, -0.15) is 13.2 Å². The van der Waals surface area contributed by atoms with Gasteiger partial charge in [-0.25, -0.2) is 9.37 Å². The fourth-order valence-electron chi connectivity index (χ4n) is 2.19. The molecule has 0 aliphatic rings. The Balaban J connectivity index is 2.72. The lowest BCUT2D eigenvalue weighted by Crippen LogP contribution is -2.19. The number of anilines is 1. The van der Waals surface area contributed by atoms with E-state index in [-0.39, 0.29) is 23.2 Å². The number of hydrogen-bond donors (Lipinski definition) is 3. The van der Waals surface area contributed by atoms with E-state index >= 15 is 0 Å². The predicted molar refractivity (Wildman–Crippen MR) is 88.2 cm³/mol. The van der Waals surface area contributed by atoms with Gasteiger partial charge >= 0.3 is 6.18 Å². The van der Waals surface area contributed by atoms with Crippen LogP contribution in [0, 0.1) is 5.82 Å². The Bertz CT molecular complexity index is 843. The number of nitrogens with two attached hydrogens (primary N) is 2. The molecule has 2 aromatic rings. The SMILES string of the molecule is C=C(N)Nc1nc(-c2c(F)cccc2C(F)(F)F)ccc1C(N)=NC. The maximum Gasteiger partial charge on any atom is 0.417 e. The molecule has 0 radical (unpaired) electrons. The summed E-state index contributed by atoms with van der Waals surface area (Å²) in [7, 11) is 1.43. The molecule has 2 rings (SSSR count). The lowest BCUT2D eigenvalue weighted by molar-refractivity contribution is -0.137. The summed E-state index contributed by atoms with van der Waals surface area (Å²) in [6.07, 6.45) is -4.74. The Morgan fingerprint density at radius 3 is 2.44 bits per heavy atom. The highest BCUT2D eigenvalue weighted by Gasteiger charge is 2.35. The molecule has 1 aromatic carbocycles. The van der Waals surface area contributed by atoms with E-state index in [4.69, 9.17) is 11.5 Å². The van der Waals surface area contributed by atoms with Crippen LogP contribution >= 0.6 is 0 Å². The Kier molecular flexibility index (Phi) is 4.96. The molecular weight excluding hydrogens is 338 g/mol. The first-order chi connectivity index (χ1) is 11.6. The van der Waals surface area contributed by atoms with Gasteiger partial charge in [0.25, 0.3) is 0 Å². The molecule has 5 nitrogen and oxygen atoms in total. The molecular formula is C16H15F4N5. The highest BCUT2D eigenvalue weighted by molar-refractivity contribution is 6.02. The lowest BCUT2D eigenvalue weighted by Gasteiger charge is -2.16. The highest BCUT2D eigenvalue weighted by Crippen LogP contribution is 2.38. The van der Waals surface area contributed by atoms with Crippen molar-refractivity contribution in [2.24, 2.45) is 16.5 Å². The van der Waals surface area contributed by atoms with Gasteiger partial charge in [-0.05, 0) is 24.3 Å². The molecule has 0 fully saturated rings. The van der Waals surface area contributed by atoms with E-state index in [0.29, 0.717) is 5.56 Å². The van der Waals surface area contributed by atoms with Crippen molar-refractivity contribution >= 4 is 11.7 Å². The Labute approximate surface area is 141 Å². The fourth-order valence-corrected chi connectivity index (χ4v) is 2.19. The molecule has 25 heavy (non-hydrogen) atoms. The zero-order chi connectivity index (χ0) is 18.8. The molecule has 0 atom stereocenters. The molecule has 0 amide bonds. The van der Waals surface area contributed by atoms with Gasteiger partial charge < -0.3 is 16.8 Å². The molecule has 1 aromatic heterocycles. The average molecular weight is 353 g/mol. The number of nitrogens with one attached hydrogen (secondary N) is 1. The van der Waals surface area contributed by atoms with Crippen LogP contribution in [0.2, 0.25) is 0 Å². The molecule has 5 N–H and O–H groups in total. The summed E-state index contributed by atoms with van der Waals surface area (Å²) in [4.78, 5) is 7.83. The zero-order valence-electron chi connectivity index (χ0n) is 13.2. The van der Waals surface area contributed by atoms with Crippen molar-refractivity contribution in [2.45, 2.75) is 6.18 Å². The summed E-state index contributed by atoms with van der Waals surface area (Å²) in [5.41, 5.74) is 9.46. The second kappa shape index (κ2) is 6.80. The molecule has 1 heterocycles. The number of aliphatic imine (C=N–C) groups is 1. The van der Waals surface area contributed by atoms with Crippen molar-refractivity contribution in [3.05, 3.63) is 59.7 Å². The number of amidine groups is 1. The normalized spacial score (nSPS) is 12.1. The van der Waals surface area contributed by atoms with Crippen molar-refractivity contribution in [1.82, 2.24) is 4.98 Å². The number of nitrogens with zero attached hydrogens (tertiary/aromatic N) is 2. The van der Waals surface area contributed by atoms with E-state index in [9.17, 15) is 17.6 Å². The van der Waals surface area contributed by atoms with Crippen LogP contribution in [0.25, 0.3) is 11.3 Å². The fraction of sp³-hybridized carbons (Fsp3) is 0.125. The Morgan fingerprint density at radius 2 is 1.88 bits per heavy atom. The number of pyridine rings is 1. The second-order valence-corrected chi connectivity index (χ2v) is 5.01. The van der Waals surface area contributed by atoms with E-state index in [0.717, 1.165) is 18.2 Å². The summed E-state index contributed by atoms with van der Waals surface area (Å²) in [5.74, 6) is -0.971. The minimum Gasteiger partial charge on any atom is -0.386 e. The third kappa shape index (κ3) is 3.87. The standard InChI is InChI=1S/C16H15F4N5/c1-8(21)24-15-9(14(22)23-2)6-7-12(25-15)13-10(16(18,19)20)4-3-5-11(13)17/h3-7H,1,21H2,2H3,(H2,22,23)(H,24,25). The number of hydrogen-bond acceptors (Lipinski definition) is 4. The van der Waals surface area contributed by atoms with Gasteiger partial charge in [0.1, 0.15) is 17.5 Å². The van der Waals surface area contributed by atoms with Crippen LogP contribution in [0.3, 0.4) is 0 Å². The van der Waals surface area contributed by atoms with E-state index in [1.807, 2.05) is 0 Å². The van der Waals surface area contributed by atoms with E-state index < -0.39 is 23.1 Å². The van der Waals surface area contributed by atoms with Crippen molar-refractivity contribution in [3.63, 3.8) is 0 Å². The van der Waals surface area contributed by atoms with Gasteiger partial charge in [0.2, 0.25) is 0 Å². The first kappa shape index (κ1) is 18.2. The highest BCUT2D eigenvalue weighted by atomic mass is 19.4. The third-order valence-corrected chi connectivity index (χ3v) is 3.27. The molecule has 0 bridgehead atoms. The quantitative estimate of drug-likeness (QED) is 0.448. The van der Waals surface area contributed by atoms with Crippen LogP contribution in [0.1, 0.15) is 11.1 Å². The van der Waals surface area contributed by atoms with Crippen molar-refractivity contribution in [1.29, 1.82) is 0 Å². The molecule has 0 saturated carbocycles. The maximum absolute atomic E-state index is 14.1. The molecule has 132 valence electrons. The number of aromatic nitrogens is 1. The maximum atomic E-state index is 14.1. The van der Waals surface area contributed by atoms with Gasteiger partial charge in [0.15, 0.2) is 0 Å². The second-order valence-electron chi connectivity index (χ2n) is 5.01. The zero-order valence-corrected chi connectivity index (χ0v) is 13.2. The van der Waals surface area contributed by atoms with Gasteiger partial charge in [-0.1, -0.05) is 12.6 Å². The summed E-state index contributed by atoms with van der Waals surface area (Å²) >= 11 is 0. The summed E-state index contributed by atoms with van der Waals surface area (Å²) in [5, 5.41) is 2.58. The van der Waals surface area contributed by atoms with Crippen LogP contribution < -0.4 is 16.8 Å². The molecule has 0 aliphatic carbocycles. The van der Waals surface area contributed by atoms with E-state index in [2.05, 4.69) is 21.9 Å². The predicted octanol–water partition coefficient (Wildman–Crippen LogP) is 3.08. The molecule has 0 aliphatic heterocycles. The minimum atomic E-state index is -4.74. The van der Waals surface area contributed by atoms with E-state index in [1.165, 1.54) is 19.2 Å². The number of benzene rings is 1. The van der Waals surface area contributed by atoms with Gasteiger partial charge in [-0.3, -0.25) is 4.99 Å². The lowest BCUT2D eigenvalue weighted by atomic mass is 10.0. The number of alkyl halides is 3. The van der Waals surface area contributed by atoms with Crippen molar-refractivity contribution in [3.8, 4) is 11.3 Å². The first-order valence-electron chi connectivity index (χ1n) is 6.96. The monoisotopic (exact) mass is 353 g/mol. The summed E-state index contributed by atoms with van der Waals surface area (Å²) < 4.78 is 53.7. The third-order valence-electron chi connectivity index (χ3n) is 3.27. The van der Waals surface area contributed by atoms with Crippen molar-refractivity contribution < 1.29 is 17.6 Å². The molecule has 0 saturated heterocycles. The topological polar surface area (TPSA) is 89.3 Å². The van der Waals surface area contributed by atoms with Crippen LogP contribution in [-0.2, 0) is 6.18 Å². The Hall–Kier alpha value is -3.10. The van der Waals surface area contributed by atoms with E-state index in [1.54, 1.807) is 0 Å². The van der Waals surface area contributed by atoms with Crippen LogP contribution in [0.4, 0.5) is 23.4 Å². The smallest absolute Gasteiger partial charge is 0.386 e. The average Bonchev–Trinajstić information content (AvgIpc) is 2.52. The van der Waals surface area contributed by atoms with Gasteiger partial charge in [0, 0.05) is 12.6 Å². The largest absolute Gasteiger partial charge is 0.417 e. The number of halogens is 4. The Morgan fingerprint density at radius 1 is 1.20 bits per heavy atom. The minimum absolute atomic E-state index is 0.0145. The van der Waals surface area contributed by atoms with Crippen LogP contribution in [0.5, 0.6) is 0 Å². The van der Waals surface area contributed by atoms with Crippen molar-refractivity contribution in [2.75, 3.05) is 12.4 Å². The summed E-state index contributed by atoms with van der Waals surface area (Å²) in [6, 6.07) is 5.30. The number of rotatable bonds is 4.